The van der Waals surface area contributed by atoms with Crippen molar-refractivity contribution >= 4 is 17.3 Å². The fourth-order valence-corrected chi connectivity index (χ4v) is 4.60. The number of rotatable bonds is 10. The zero-order chi connectivity index (χ0) is 30.6. The molecule has 1 aromatic heterocycles. The lowest BCUT2D eigenvalue weighted by molar-refractivity contribution is -0.137. The molecular formula is C31H31F3N4O4. The molecule has 11 heteroatoms. The van der Waals surface area contributed by atoms with Gasteiger partial charge in [-0.05, 0) is 60.0 Å². The Hall–Kier alpha value is -4.93. The summed E-state index contributed by atoms with van der Waals surface area (Å²) in [6.45, 7) is 6.06. The maximum Gasteiger partial charge on any atom is 0.416 e. The summed E-state index contributed by atoms with van der Waals surface area (Å²) in [4.78, 5) is 20.5. The Morgan fingerprint density at radius 3 is 1.90 bits per heavy atom. The van der Waals surface area contributed by atoms with Crippen molar-refractivity contribution in [2.24, 2.45) is 0 Å². The van der Waals surface area contributed by atoms with Gasteiger partial charge in [0.15, 0.2) is 0 Å². The van der Waals surface area contributed by atoms with Crippen LogP contribution in [0.3, 0.4) is 0 Å². The number of hydrogen-bond acceptors (Lipinski definition) is 7. The number of nitrogens with two attached hydrogens (primary N) is 1. The molecule has 8 nitrogen and oxygen atoms in total. The van der Waals surface area contributed by atoms with Gasteiger partial charge in [-0.2, -0.15) is 13.2 Å². The summed E-state index contributed by atoms with van der Waals surface area (Å²) < 4.78 is 57.2. The number of nitrogens with zero attached hydrogens (tertiary/aromatic N) is 3. The van der Waals surface area contributed by atoms with E-state index < -0.39 is 17.3 Å². The van der Waals surface area contributed by atoms with Gasteiger partial charge >= 0.3 is 6.18 Å². The molecule has 0 bridgehead atoms. The van der Waals surface area contributed by atoms with Gasteiger partial charge in [-0.1, -0.05) is 30.8 Å². The molecule has 0 saturated carbocycles. The normalized spacial score (nSPS) is 11.2. The van der Waals surface area contributed by atoms with Gasteiger partial charge in [-0.15, -0.1) is 0 Å². The van der Waals surface area contributed by atoms with E-state index in [1.807, 2.05) is 53.4 Å². The van der Waals surface area contributed by atoms with E-state index in [0.717, 1.165) is 27.8 Å². The second-order valence-electron chi connectivity index (χ2n) is 9.53. The number of ether oxygens (including phenoxy) is 3. The second-order valence-corrected chi connectivity index (χ2v) is 9.53. The number of aryl methyl sites for hydroxylation is 1. The minimum Gasteiger partial charge on any atom is -0.497 e. The molecule has 0 unspecified atom stereocenters. The molecule has 0 aliphatic heterocycles. The van der Waals surface area contributed by atoms with Gasteiger partial charge in [0, 0.05) is 13.1 Å². The average molecular weight is 581 g/mol. The van der Waals surface area contributed by atoms with Gasteiger partial charge in [0.2, 0.25) is 0 Å². The fraction of sp³-hybridized carbons (Fsp3) is 0.226. The third-order valence-electron chi connectivity index (χ3n) is 6.74. The molecule has 42 heavy (non-hydrogen) atoms. The molecular weight excluding hydrogens is 549 g/mol. The first-order valence-corrected chi connectivity index (χ1v) is 12.8. The minimum atomic E-state index is -4.59. The Morgan fingerprint density at radius 1 is 0.952 bits per heavy atom. The van der Waals surface area contributed by atoms with E-state index in [1.165, 1.54) is 20.4 Å². The summed E-state index contributed by atoms with van der Waals surface area (Å²) in [7, 11) is 4.53. The zero-order valence-electron chi connectivity index (χ0n) is 23.7. The van der Waals surface area contributed by atoms with Crippen LogP contribution in [0.5, 0.6) is 11.5 Å². The van der Waals surface area contributed by atoms with E-state index >= 15 is 0 Å². The fourth-order valence-electron chi connectivity index (χ4n) is 4.60. The third-order valence-corrected chi connectivity index (χ3v) is 6.74. The Labute approximate surface area is 241 Å². The third kappa shape index (κ3) is 6.35. The van der Waals surface area contributed by atoms with Crippen molar-refractivity contribution in [3.05, 3.63) is 112 Å². The number of aromatic nitrogens is 2. The standard InChI is InChI=1S/C31H31F3N4O4/c1-19-14-23(31(32,33)34)15-26(35)28(19)38-18-36-29(27(30(38)39)20(2)40-3)37(16-21-6-10-24(41-4)11-7-21)17-22-8-12-25(42-5)13-9-22/h6-15,18H,2,16-17,35H2,1,3-5H3. The van der Waals surface area contributed by atoms with Crippen LogP contribution in [0, 0.1) is 6.92 Å². The van der Waals surface area contributed by atoms with E-state index in [1.54, 1.807) is 14.2 Å². The lowest BCUT2D eigenvalue weighted by Crippen LogP contribution is -2.31. The van der Waals surface area contributed by atoms with Crippen molar-refractivity contribution in [1.82, 2.24) is 9.55 Å². The van der Waals surface area contributed by atoms with Crippen molar-refractivity contribution in [2.45, 2.75) is 26.2 Å². The number of anilines is 2. The summed E-state index contributed by atoms with van der Waals surface area (Å²) in [5.74, 6) is 1.70. The Bertz CT molecular complexity index is 1560. The SMILES string of the molecule is C=C(OC)c1c(N(Cc2ccc(OC)cc2)Cc2ccc(OC)cc2)ncn(-c2c(C)cc(C(F)(F)F)cc2N)c1=O. The van der Waals surface area contributed by atoms with Crippen LogP contribution in [0.4, 0.5) is 24.7 Å². The predicted molar refractivity (Wildman–Crippen MR) is 156 cm³/mol. The van der Waals surface area contributed by atoms with E-state index in [4.69, 9.17) is 19.9 Å². The van der Waals surface area contributed by atoms with Gasteiger partial charge in [-0.25, -0.2) is 4.98 Å². The molecule has 0 aliphatic rings. The van der Waals surface area contributed by atoms with E-state index in [2.05, 4.69) is 11.6 Å². The topological polar surface area (TPSA) is 91.8 Å². The van der Waals surface area contributed by atoms with Crippen molar-refractivity contribution in [3.8, 4) is 17.2 Å². The van der Waals surface area contributed by atoms with Crippen LogP contribution in [0.1, 0.15) is 27.8 Å². The minimum absolute atomic E-state index is 0.0365. The Balaban J connectivity index is 1.87. The molecule has 0 fully saturated rings. The highest BCUT2D eigenvalue weighted by atomic mass is 19.4. The van der Waals surface area contributed by atoms with Gasteiger partial charge in [0.05, 0.1) is 38.3 Å². The maximum atomic E-state index is 14.0. The molecule has 4 rings (SSSR count). The summed E-state index contributed by atoms with van der Waals surface area (Å²) in [6.07, 6.45) is -3.34. The highest BCUT2D eigenvalue weighted by Crippen LogP contribution is 2.35. The largest absolute Gasteiger partial charge is 0.497 e. The van der Waals surface area contributed by atoms with Crippen LogP contribution >= 0.6 is 0 Å². The van der Waals surface area contributed by atoms with Crippen molar-refractivity contribution in [3.63, 3.8) is 0 Å². The average Bonchev–Trinajstić information content (AvgIpc) is 2.97. The molecule has 0 amide bonds. The lowest BCUT2D eigenvalue weighted by atomic mass is 10.1. The van der Waals surface area contributed by atoms with Crippen LogP contribution in [0.15, 0.2) is 78.4 Å². The summed E-state index contributed by atoms with van der Waals surface area (Å²) in [5, 5.41) is 0. The van der Waals surface area contributed by atoms with Crippen molar-refractivity contribution < 1.29 is 27.4 Å². The monoisotopic (exact) mass is 580 g/mol. The highest BCUT2D eigenvalue weighted by Gasteiger charge is 2.32. The smallest absolute Gasteiger partial charge is 0.416 e. The van der Waals surface area contributed by atoms with Crippen LogP contribution in [0.25, 0.3) is 11.4 Å². The molecule has 2 N–H and O–H groups in total. The molecule has 0 atom stereocenters. The van der Waals surface area contributed by atoms with Gasteiger partial charge < -0.3 is 24.8 Å². The molecule has 0 saturated heterocycles. The molecule has 0 aliphatic carbocycles. The summed E-state index contributed by atoms with van der Waals surface area (Å²) in [5.41, 5.74) is 6.43. The quantitative estimate of drug-likeness (QED) is 0.182. The summed E-state index contributed by atoms with van der Waals surface area (Å²) >= 11 is 0. The number of methoxy groups -OCH3 is 3. The first kappa shape index (κ1) is 30.0. The maximum absolute atomic E-state index is 14.0. The Morgan fingerprint density at radius 2 is 1.48 bits per heavy atom. The molecule has 0 radical (unpaired) electrons. The van der Waals surface area contributed by atoms with Crippen molar-refractivity contribution in [2.75, 3.05) is 32.0 Å². The Kier molecular flexibility index (Phi) is 8.79. The van der Waals surface area contributed by atoms with Crippen LogP contribution in [-0.2, 0) is 24.0 Å². The number of halogens is 3. The number of nitrogen functional groups attached to an aromatic ring is 1. The molecule has 3 aromatic carbocycles. The molecule has 0 spiro atoms. The van der Waals surface area contributed by atoms with Gasteiger partial charge in [0.1, 0.15) is 35.0 Å². The lowest BCUT2D eigenvalue weighted by Gasteiger charge is -2.27. The van der Waals surface area contributed by atoms with Crippen LogP contribution in [-0.4, -0.2) is 30.9 Å². The predicted octanol–water partition coefficient (Wildman–Crippen LogP) is 5.98. The second kappa shape index (κ2) is 12.3. The van der Waals surface area contributed by atoms with Gasteiger partial charge in [0.25, 0.3) is 5.56 Å². The van der Waals surface area contributed by atoms with Crippen LogP contribution < -0.4 is 25.7 Å². The summed E-state index contributed by atoms with van der Waals surface area (Å²) in [6, 6.07) is 16.7. The van der Waals surface area contributed by atoms with Crippen molar-refractivity contribution in [1.29, 1.82) is 0 Å². The molecule has 220 valence electrons. The van der Waals surface area contributed by atoms with Crippen LogP contribution in [0.2, 0.25) is 0 Å². The highest BCUT2D eigenvalue weighted by molar-refractivity contribution is 5.71. The molecule has 4 aromatic rings. The first-order valence-electron chi connectivity index (χ1n) is 12.8. The number of benzene rings is 3. The molecule has 1 heterocycles. The number of hydrogen-bond donors (Lipinski definition) is 1. The van der Waals surface area contributed by atoms with E-state index in [0.29, 0.717) is 24.6 Å². The first-order chi connectivity index (χ1) is 20.0. The van der Waals surface area contributed by atoms with E-state index in [9.17, 15) is 18.0 Å². The zero-order valence-corrected chi connectivity index (χ0v) is 23.7. The van der Waals surface area contributed by atoms with E-state index in [-0.39, 0.29) is 34.1 Å². The van der Waals surface area contributed by atoms with Gasteiger partial charge in [-0.3, -0.25) is 9.36 Å². The number of alkyl halides is 3.